The van der Waals surface area contributed by atoms with Gasteiger partial charge in [-0.3, -0.25) is 4.99 Å². The van der Waals surface area contributed by atoms with Crippen molar-refractivity contribution in [3.8, 4) is 11.5 Å². The molecule has 0 spiro atoms. The second-order valence-corrected chi connectivity index (χ2v) is 7.11. The van der Waals surface area contributed by atoms with Crippen molar-refractivity contribution in [1.29, 1.82) is 0 Å². The molecular formula is C23H29F2N3O3. The van der Waals surface area contributed by atoms with Crippen molar-refractivity contribution in [1.82, 2.24) is 10.6 Å². The summed E-state index contributed by atoms with van der Waals surface area (Å²) in [5.41, 5.74) is 1.72. The number of hydrogen-bond acceptors (Lipinski definition) is 4. The van der Waals surface area contributed by atoms with E-state index in [9.17, 15) is 8.78 Å². The molecule has 2 aromatic rings. The van der Waals surface area contributed by atoms with Crippen LogP contribution in [0, 0.1) is 5.92 Å². The van der Waals surface area contributed by atoms with Gasteiger partial charge in [-0.25, -0.2) is 0 Å². The summed E-state index contributed by atoms with van der Waals surface area (Å²) in [6, 6.07) is 15.2. The Morgan fingerprint density at radius 2 is 1.97 bits per heavy atom. The largest absolute Gasteiger partial charge is 0.490 e. The Labute approximate surface area is 181 Å². The Kier molecular flexibility index (Phi) is 8.46. The maximum absolute atomic E-state index is 12.9. The molecule has 0 aromatic heterocycles. The topological polar surface area (TPSA) is 64.1 Å². The smallest absolute Gasteiger partial charge is 0.387 e. The molecular weight excluding hydrogens is 404 g/mol. The first-order chi connectivity index (χ1) is 15.1. The summed E-state index contributed by atoms with van der Waals surface area (Å²) in [5, 5.41) is 6.48. The number of benzene rings is 2. The Morgan fingerprint density at radius 1 is 1.16 bits per heavy atom. The number of nitrogens with one attached hydrogen (secondary N) is 2. The number of rotatable bonds is 9. The highest BCUT2D eigenvalue weighted by atomic mass is 19.3. The maximum atomic E-state index is 12.9. The molecule has 1 fully saturated rings. The highest BCUT2D eigenvalue weighted by Crippen LogP contribution is 2.34. The molecule has 3 rings (SSSR count). The van der Waals surface area contributed by atoms with Gasteiger partial charge in [0.15, 0.2) is 17.5 Å². The van der Waals surface area contributed by atoms with E-state index < -0.39 is 6.61 Å². The first-order valence-electron chi connectivity index (χ1n) is 10.4. The van der Waals surface area contributed by atoms with E-state index in [0.29, 0.717) is 36.3 Å². The molecule has 0 radical (unpaired) electrons. The van der Waals surface area contributed by atoms with Crippen molar-refractivity contribution in [2.75, 3.05) is 26.8 Å². The third kappa shape index (κ3) is 6.30. The van der Waals surface area contributed by atoms with Gasteiger partial charge in [0.1, 0.15) is 0 Å². The van der Waals surface area contributed by atoms with Gasteiger partial charge in [0.25, 0.3) is 0 Å². The Balaban J connectivity index is 1.60. The van der Waals surface area contributed by atoms with E-state index in [1.165, 1.54) is 0 Å². The Hall–Kier alpha value is -2.87. The van der Waals surface area contributed by atoms with Gasteiger partial charge in [0.05, 0.1) is 12.7 Å². The summed E-state index contributed by atoms with van der Waals surface area (Å²) in [6.07, 6.45) is 0.993. The molecule has 2 atom stereocenters. The third-order valence-electron chi connectivity index (χ3n) is 5.11. The molecule has 31 heavy (non-hydrogen) atoms. The van der Waals surface area contributed by atoms with Crippen molar-refractivity contribution < 1.29 is 23.0 Å². The lowest BCUT2D eigenvalue weighted by molar-refractivity contribution is -0.0520. The third-order valence-corrected chi connectivity index (χ3v) is 5.11. The molecule has 0 amide bonds. The van der Waals surface area contributed by atoms with Gasteiger partial charge in [0.2, 0.25) is 0 Å². The zero-order chi connectivity index (χ0) is 22.1. The Morgan fingerprint density at radius 3 is 2.68 bits per heavy atom. The Bertz CT molecular complexity index is 849. The molecule has 1 saturated heterocycles. The van der Waals surface area contributed by atoms with Gasteiger partial charge in [-0.05, 0) is 25.0 Å². The van der Waals surface area contributed by atoms with Crippen LogP contribution in [0.3, 0.4) is 0 Å². The molecule has 2 aromatic carbocycles. The first kappa shape index (κ1) is 22.8. The van der Waals surface area contributed by atoms with Gasteiger partial charge in [-0.1, -0.05) is 42.5 Å². The highest BCUT2D eigenvalue weighted by molar-refractivity contribution is 5.79. The summed E-state index contributed by atoms with van der Waals surface area (Å²) in [5.74, 6) is 1.21. The van der Waals surface area contributed by atoms with Gasteiger partial charge in [0, 0.05) is 38.2 Å². The van der Waals surface area contributed by atoms with E-state index in [1.807, 2.05) is 18.2 Å². The van der Waals surface area contributed by atoms with Crippen LogP contribution in [0.2, 0.25) is 0 Å². The van der Waals surface area contributed by atoms with Crippen LogP contribution in [0.4, 0.5) is 8.78 Å². The van der Waals surface area contributed by atoms with Crippen LogP contribution >= 0.6 is 0 Å². The second kappa shape index (κ2) is 11.5. The van der Waals surface area contributed by atoms with E-state index in [0.717, 1.165) is 18.6 Å². The molecule has 6 nitrogen and oxygen atoms in total. The van der Waals surface area contributed by atoms with E-state index in [2.05, 4.69) is 27.8 Å². The lowest BCUT2D eigenvalue weighted by Crippen LogP contribution is -2.40. The molecule has 1 heterocycles. The summed E-state index contributed by atoms with van der Waals surface area (Å²) in [6.45, 7) is 0.862. The standard InChI is InChI=1S/C23H29F2N3O3/c1-3-29-19-11-7-10-17(21(19)31-22(24)25)14-27-23(26-2)28-15-18-12-13-30-20(18)16-8-5-4-6-9-16/h4-11,18,20,22H,3,12-15H2,1-2H3,(H2,26,27,28). The second-order valence-electron chi connectivity index (χ2n) is 7.11. The number of para-hydroxylation sites is 1. The monoisotopic (exact) mass is 433 g/mol. The summed E-state index contributed by atoms with van der Waals surface area (Å²) in [4.78, 5) is 4.24. The van der Waals surface area contributed by atoms with Crippen LogP contribution in [-0.4, -0.2) is 39.4 Å². The number of alkyl halides is 2. The summed E-state index contributed by atoms with van der Waals surface area (Å²) < 4.78 is 41.9. The number of hydrogen-bond donors (Lipinski definition) is 2. The van der Waals surface area contributed by atoms with Crippen molar-refractivity contribution in [3.63, 3.8) is 0 Å². The number of ether oxygens (including phenoxy) is 3. The number of halogens is 2. The van der Waals surface area contributed by atoms with Gasteiger partial charge >= 0.3 is 6.61 Å². The first-order valence-corrected chi connectivity index (χ1v) is 10.4. The summed E-state index contributed by atoms with van der Waals surface area (Å²) >= 11 is 0. The van der Waals surface area contributed by atoms with Gasteiger partial charge in [-0.15, -0.1) is 0 Å². The molecule has 1 aliphatic rings. The molecule has 0 saturated carbocycles. The molecule has 8 heteroatoms. The van der Waals surface area contributed by atoms with Gasteiger partial charge in [-0.2, -0.15) is 8.78 Å². The minimum Gasteiger partial charge on any atom is -0.490 e. The average Bonchev–Trinajstić information content (AvgIpc) is 3.25. The fourth-order valence-corrected chi connectivity index (χ4v) is 3.67. The zero-order valence-electron chi connectivity index (χ0n) is 17.8. The molecule has 0 bridgehead atoms. The van der Waals surface area contributed by atoms with E-state index >= 15 is 0 Å². The van der Waals surface area contributed by atoms with Crippen LogP contribution in [0.15, 0.2) is 53.5 Å². The minimum absolute atomic E-state index is 0.0376. The predicted molar refractivity (Wildman–Crippen MR) is 116 cm³/mol. The molecule has 2 N–H and O–H groups in total. The predicted octanol–water partition coefficient (Wildman–Crippen LogP) is 4.13. The van der Waals surface area contributed by atoms with Crippen LogP contribution in [-0.2, 0) is 11.3 Å². The summed E-state index contributed by atoms with van der Waals surface area (Å²) in [7, 11) is 1.67. The van der Waals surface area contributed by atoms with Crippen molar-refractivity contribution in [2.45, 2.75) is 32.6 Å². The van der Waals surface area contributed by atoms with E-state index in [4.69, 9.17) is 14.2 Å². The normalized spacial score (nSPS) is 18.8. The number of guanidine groups is 1. The number of nitrogens with zero attached hydrogens (tertiary/aromatic N) is 1. The average molecular weight is 433 g/mol. The van der Waals surface area contributed by atoms with Crippen molar-refractivity contribution >= 4 is 5.96 Å². The van der Waals surface area contributed by atoms with Crippen LogP contribution in [0.5, 0.6) is 11.5 Å². The van der Waals surface area contributed by atoms with E-state index in [-0.39, 0.29) is 18.4 Å². The lowest BCUT2D eigenvalue weighted by Gasteiger charge is -2.21. The van der Waals surface area contributed by atoms with Crippen LogP contribution in [0.25, 0.3) is 0 Å². The molecule has 2 unspecified atom stereocenters. The highest BCUT2D eigenvalue weighted by Gasteiger charge is 2.29. The van der Waals surface area contributed by atoms with Crippen LogP contribution < -0.4 is 20.1 Å². The van der Waals surface area contributed by atoms with Crippen LogP contribution in [0.1, 0.15) is 30.6 Å². The number of aliphatic imine (C=N–C) groups is 1. The maximum Gasteiger partial charge on any atom is 0.387 e. The fraction of sp³-hybridized carbons (Fsp3) is 0.435. The minimum atomic E-state index is -2.94. The quantitative estimate of drug-likeness (QED) is 0.460. The molecule has 0 aliphatic carbocycles. The fourth-order valence-electron chi connectivity index (χ4n) is 3.67. The zero-order valence-corrected chi connectivity index (χ0v) is 17.8. The van der Waals surface area contributed by atoms with Gasteiger partial charge < -0.3 is 24.8 Å². The van der Waals surface area contributed by atoms with Crippen molar-refractivity contribution in [3.05, 3.63) is 59.7 Å². The lowest BCUT2D eigenvalue weighted by atomic mass is 9.95. The molecule has 1 aliphatic heterocycles. The molecule has 168 valence electrons. The SMILES string of the molecule is CCOc1cccc(CNC(=NC)NCC2CCOC2c2ccccc2)c1OC(F)F. The van der Waals surface area contributed by atoms with E-state index in [1.54, 1.807) is 32.2 Å². The van der Waals surface area contributed by atoms with Crippen molar-refractivity contribution in [2.24, 2.45) is 10.9 Å².